The molecule has 2 aromatic rings. The van der Waals surface area contributed by atoms with Crippen molar-refractivity contribution < 1.29 is 4.79 Å². The summed E-state index contributed by atoms with van der Waals surface area (Å²) in [7, 11) is 1.90. The summed E-state index contributed by atoms with van der Waals surface area (Å²) >= 11 is 0. The van der Waals surface area contributed by atoms with E-state index in [4.69, 9.17) is 0 Å². The molecule has 0 saturated carbocycles. The van der Waals surface area contributed by atoms with Gasteiger partial charge in [-0.15, -0.1) is 10.2 Å². The van der Waals surface area contributed by atoms with E-state index in [0.717, 1.165) is 43.0 Å². The molecule has 0 aliphatic carbocycles. The van der Waals surface area contributed by atoms with Gasteiger partial charge in [0.15, 0.2) is 5.82 Å². The molecule has 1 atom stereocenters. The summed E-state index contributed by atoms with van der Waals surface area (Å²) in [5.41, 5.74) is 1.74. The molecule has 0 bridgehead atoms. The van der Waals surface area contributed by atoms with Crippen LogP contribution in [0.5, 0.6) is 0 Å². The number of aromatic nitrogens is 3. The molecule has 0 spiro atoms. The quantitative estimate of drug-likeness (QED) is 0.894. The van der Waals surface area contributed by atoms with Gasteiger partial charge in [0.2, 0.25) is 5.91 Å². The van der Waals surface area contributed by atoms with Crippen LogP contribution in [0.1, 0.15) is 12.8 Å². The number of anilines is 1. The van der Waals surface area contributed by atoms with Crippen molar-refractivity contribution in [1.82, 2.24) is 20.1 Å². The van der Waals surface area contributed by atoms with Gasteiger partial charge in [0.05, 0.1) is 5.92 Å². The SMILES string of the molecule is Cn1cnnc1-c1cccc(NC(=O)[C@H]2CCCNC2)c1. The first-order chi connectivity index (χ1) is 10.2. The fraction of sp³-hybridized carbons (Fsp3) is 0.400. The monoisotopic (exact) mass is 285 g/mol. The number of amides is 1. The van der Waals surface area contributed by atoms with Crippen LogP contribution >= 0.6 is 0 Å². The maximum Gasteiger partial charge on any atom is 0.228 e. The number of nitrogens with one attached hydrogen (secondary N) is 2. The molecule has 1 aromatic heterocycles. The Balaban J connectivity index is 1.74. The van der Waals surface area contributed by atoms with Crippen LogP contribution < -0.4 is 10.6 Å². The second-order valence-corrected chi connectivity index (χ2v) is 5.38. The van der Waals surface area contributed by atoms with Gasteiger partial charge in [0.1, 0.15) is 6.33 Å². The summed E-state index contributed by atoms with van der Waals surface area (Å²) in [6.07, 6.45) is 3.66. The number of aryl methyl sites for hydroxylation is 1. The largest absolute Gasteiger partial charge is 0.326 e. The molecule has 6 nitrogen and oxygen atoms in total. The van der Waals surface area contributed by atoms with Crippen LogP contribution in [-0.4, -0.2) is 33.8 Å². The van der Waals surface area contributed by atoms with E-state index in [0.29, 0.717) is 0 Å². The van der Waals surface area contributed by atoms with E-state index in [1.165, 1.54) is 0 Å². The minimum atomic E-state index is 0.0530. The molecule has 3 rings (SSSR count). The molecule has 110 valence electrons. The van der Waals surface area contributed by atoms with Crippen LogP contribution in [-0.2, 0) is 11.8 Å². The predicted octanol–water partition coefficient (Wildman–Crippen LogP) is 1.42. The average molecular weight is 285 g/mol. The van der Waals surface area contributed by atoms with Crippen molar-refractivity contribution in [3.63, 3.8) is 0 Å². The first-order valence-electron chi connectivity index (χ1n) is 7.20. The molecule has 0 radical (unpaired) electrons. The molecule has 6 heteroatoms. The van der Waals surface area contributed by atoms with Crippen molar-refractivity contribution in [1.29, 1.82) is 0 Å². The highest BCUT2D eigenvalue weighted by molar-refractivity contribution is 5.93. The number of carbonyl (C=O) groups excluding carboxylic acids is 1. The lowest BCUT2D eigenvalue weighted by molar-refractivity contribution is -0.120. The number of nitrogens with zero attached hydrogens (tertiary/aromatic N) is 3. The Morgan fingerprint density at radius 2 is 2.38 bits per heavy atom. The van der Waals surface area contributed by atoms with Crippen LogP contribution in [0, 0.1) is 5.92 Å². The van der Waals surface area contributed by atoms with Gasteiger partial charge in [-0.05, 0) is 31.5 Å². The second-order valence-electron chi connectivity index (χ2n) is 5.38. The Bertz CT molecular complexity index is 630. The number of hydrogen-bond acceptors (Lipinski definition) is 4. The molecule has 1 aromatic carbocycles. The lowest BCUT2D eigenvalue weighted by atomic mass is 9.99. The third kappa shape index (κ3) is 3.11. The predicted molar refractivity (Wildman–Crippen MR) is 80.7 cm³/mol. The summed E-state index contributed by atoms with van der Waals surface area (Å²) in [4.78, 5) is 12.2. The number of carbonyl (C=O) groups is 1. The maximum absolute atomic E-state index is 12.2. The van der Waals surface area contributed by atoms with Crippen molar-refractivity contribution in [3.05, 3.63) is 30.6 Å². The summed E-state index contributed by atoms with van der Waals surface area (Å²) in [6.45, 7) is 1.76. The van der Waals surface area contributed by atoms with Crippen LogP contribution in [0.4, 0.5) is 5.69 Å². The number of rotatable bonds is 3. The number of hydrogen-bond donors (Lipinski definition) is 2. The molecule has 1 amide bonds. The van der Waals surface area contributed by atoms with Crippen molar-refractivity contribution in [2.75, 3.05) is 18.4 Å². The average Bonchev–Trinajstić information content (AvgIpc) is 2.94. The molecule has 1 saturated heterocycles. The van der Waals surface area contributed by atoms with Crippen LogP contribution in [0.2, 0.25) is 0 Å². The molecular formula is C15H19N5O. The van der Waals surface area contributed by atoms with Gasteiger partial charge in [-0.2, -0.15) is 0 Å². The minimum absolute atomic E-state index is 0.0530. The fourth-order valence-corrected chi connectivity index (χ4v) is 2.60. The Hall–Kier alpha value is -2.21. The van der Waals surface area contributed by atoms with Gasteiger partial charge >= 0.3 is 0 Å². The Morgan fingerprint density at radius 3 is 3.10 bits per heavy atom. The third-order valence-electron chi connectivity index (χ3n) is 3.77. The van der Waals surface area contributed by atoms with Gasteiger partial charge in [0.25, 0.3) is 0 Å². The van der Waals surface area contributed by atoms with Gasteiger partial charge < -0.3 is 15.2 Å². The smallest absolute Gasteiger partial charge is 0.228 e. The molecule has 2 heterocycles. The second kappa shape index (κ2) is 6.05. The highest BCUT2D eigenvalue weighted by atomic mass is 16.1. The van der Waals surface area contributed by atoms with E-state index in [1.54, 1.807) is 6.33 Å². The fourth-order valence-electron chi connectivity index (χ4n) is 2.60. The molecule has 2 N–H and O–H groups in total. The van der Waals surface area contributed by atoms with Gasteiger partial charge in [-0.1, -0.05) is 12.1 Å². The molecule has 1 fully saturated rings. The Morgan fingerprint density at radius 1 is 1.48 bits per heavy atom. The summed E-state index contributed by atoms with van der Waals surface area (Å²) < 4.78 is 1.85. The van der Waals surface area contributed by atoms with E-state index in [1.807, 2.05) is 35.9 Å². The standard InChI is InChI=1S/C15H19N5O/c1-20-10-17-19-14(20)11-4-2-6-13(8-11)18-15(21)12-5-3-7-16-9-12/h2,4,6,8,10,12,16H,3,5,7,9H2,1H3,(H,18,21)/t12-/m0/s1. The molecule has 0 unspecified atom stereocenters. The zero-order valence-electron chi connectivity index (χ0n) is 12.0. The maximum atomic E-state index is 12.2. The Kier molecular flexibility index (Phi) is 3.96. The zero-order chi connectivity index (χ0) is 14.7. The number of benzene rings is 1. The molecule has 21 heavy (non-hydrogen) atoms. The van der Waals surface area contributed by atoms with Gasteiger partial charge in [-0.25, -0.2) is 0 Å². The number of piperidine rings is 1. The van der Waals surface area contributed by atoms with E-state index in [9.17, 15) is 4.79 Å². The summed E-state index contributed by atoms with van der Waals surface area (Å²) in [5, 5.41) is 14.2. The van der Waals surface area contributed by atoms with Gasteiger partial charge in [-0.3, -0.25) is 4.79 Å². The minimum Gasteiger partial charge on any atom is -0.326 e. The highest BCUT2D eigenvalue weighted by Gasteiger charge is 2.20. The molecular weight excluding hydrogens is 266 g/mol. The molecule has 1 aliphatic rings. The lowest BCUT2D eigenvalue weighted by Crippen LogP contribution is -2.37. The van der Waals surface area contributed by atoms with E-state index in [2.05, 4.69) is 20.8 Å². The van der Waals surface area contributed by atoms with E-state index >= 15 is 0 Å². The van der Waals surface area contributed by atoms with E-state index in [-0.39, 0.29) is 11.8 Å². The van der Waals surface area contributed by atoms with Gasteiger partial charge in [0, 0.05) is 24.8 Å². The first kappa shape index (κ1) is 13.8. The van der Waals surface area contributed by atoms with Crippen LogP contribution in [0.25, 0.3) is 11.4 Å². The summed E-state index contributed by atoms with van der Waals surface area (Å²) in [5.74, 6) is 0.917. The van der Waals surface area contributed by atoms with Crippen LogP contribution in [0.3, 0.4) is 0 Å². The topological polar surface area (TPSA) is 71.8 Å². The lowest BCUT2D eigenvalue weighted by Gasteiger charge is -2.22. The third-order valence-corrected chi connectivity index (χ3v) is 3.77. The van der Waals surface area contributed by atoms with Crippen molar-refractivity contribution in [2.45, 2.75) is 12.8 Å². The molecule has 1 aliphatic heterocycles. The van der Waals surface area contributed by atoms with Crippen molar-refractivity contribution in [2.24, 2.45) is 13.0 Å². The highest BCUT2D eigenvalue weighted by Crippen LogP contribution is 2.21. The first-order valence-corrected chi connectivity index (χ1v) is 7.20. The van der Waals surface area contributed by atoms with Crippen LogP contribution in [0.15, 0.2) is 30.6 Å². The zero-order valence-corrected chi connectivity index (χ0v) is 12.0. The van der Waals surface area contributed by atoms with Crippen molar-refractivity contribution in [3.8, 4) is 11.4 Å². The normalized spacial score (nSPS) is 18.4. The van der Waals surface area contributed by atoms with E-state index < -0.39 is 0 Å². The summed E-state index contributed by atoms with van der Waals surface area (Å²) in [6, 6.07) is 7.70. The van der Waals surface area contributed by atoms with Crippen molar-refractivity contribution >= 4 is 11.6 Å². The Labute approximate surface area is 123 Å².